The highest BCUT2D eigenvalue weighted by Gasteiger charge is 1.95. The third-order valence-electron chi connectivity index (χ3n) is 2.47. The minimum absolute atomic E-state index is 0.709. The maximum Gasteiger partial charge on any atom is 0.121 e. The Morgan fingerprint density at radius 1 is 1.00 bits per heavy atom. The Balaban J connectivity index is 1.65. The van der Waals surface area contributed by atoms with E-state index >= 15 is 0 Å². The highest BCUT2D eigenvalue weighted by molar-refractivity contribution is 7.98. The van der Waals surface area contributed by atoms with Crippen molar-refractivity contribution in [2.75, 3.05) is 18.1 Å². The third-order valence-corrected chi connectivity index (χ3v) is 3.46. The van der Waals surface area contributed by atoms with Crippen LogP contribution in [-0.4, -0.2) is 12.4 Å². The molecule has 0 bridgehead atoms. The smallest absolute Gasteiger partial charge is 0.121 e. The maximum atomic E-state index is 5.68. The molecule has 0 saturated heterocycles. The Morgan fingerprint density at radius 2 is 1.83 bits per heavy atom. The van der Waals surface area contributed by atoms with Gasteiger partial charge in [0.05, 0.1) is 6.61 Å². The molecule has 0 aromatic heterocycles. The summed E-state index contributed by atoms with van der Waals surface area (Å²) in [4.78, 5) is 0. The average Bonchev–Trinajstić information content (AvgIpc) is 2.40. The summed E-state index contributed by atoms with van der Waals surface area (Å²) in [5.74, 6) is 2.85. The van der Waals surface area contributed by atoms with Crippen LogP contribution < -0.4 is 10.5 Å². The molecule has 94 valence electrons. The van der Waals surface area contributed by atoms with Gasteiger partial charge in [0.15, 0.2) is 0 Å². The Morgan fingerprint density at radius 3 is 2.61 bits per heavy atom. The van der Waals surface area contributed by atoms with Crippen LogP contribution in [0.25, 0.3) is 0 Å². The molecule has 18 heavy (non-hydrogen) atoms. The van der Waals surface area contributed by atoms with E-state index in [0.29, 0.717) is 6.61 Å². The topological polar surface area (TPSA) is 35.2 Å². The predicted octanol–water partition coefficient (Wildman–Crippen LogP) is 3.58. The number of ether oxygens (including phenoxy) is 1. The van der Waals surface area contributed by atoms with Crippen molar-refractivity contribution in [1.29, 1.82) is 0 Å². The number of thioether (sulfide) groups is 1. The molecular weight excluding hydrogens is 242 g/mol. The lowest BCUT2D eigenvalue weighted by molar-refractivity contribution is 0.344. The number of nitrogen functional groups attached to an aromatic ring is 1. The monoisotopic (exact) mass is 259 g/mol. The fourth-order valence-corrected chi connectivity index (χ4v) is 2.36. The van der Waals surface area contributed by atoms with Gasteiger partial charge >= 0.3 is 0 Å². The molecule has 3 heteroatoms. The molecule has 2 nitrogen and oxygen atoms in total. The summed E-state index contributed by atoms with van der Waals surface area (Å²) in [7, 11) is 0. The summed E-state index contributed by atoms with van der Waals surface area (Å²) in [6.45, 7) is 0.709. The normalized spacial score (nSPS) is 10.2. The van der Waals surface area contributed by atoms with E-state index in [9.17, 15) is 0 Å². The molecule has 0 amide bonds. The van der Waals surface area contributed by atoms with Gasteiger partial charge in [0.25, 0.3) is 0 Å². The van der Waals surface area contributed by atoms with Crippen LogP contribution in [0.5, 0.6) is 5.75 Å². The van der Waals surface area contributed by atoms with Gasteiger partial charge in [-0.15, -0.1) is 0 Å². The molecule has 0 aliphatic rings. The summed E-state index contributed by atoms with van der Waals surface area (Å²) >= 11 is 1.87. The second-order valence-electron chi connectivity index (χ2n) is 3.96. The molecule has 2 aromatic rings. The lowest BCUT2D eigenvalue weighted by Gasteiger charge is -2.06. The number of rotatable bonds is 6. The SMILES string of the molecule is Nc1cccc(OCCSCc2ccccc2)c1. The molecule has 0 heterocycles. The van der Waals surface area contributed by atoms with Crippen molar-refractivity contribution in [3.8, 4) is 5.75 Å². The summed E-state index contributed by atoms with van der Waals surface area (Å²) in [5.41, 5.74) is 7.77. The van der Waals surface area contributed by atoms with Crippen LogP contribution in [0.15, 0.2) is 54.6 Å². The number of anilines is 1. The van der Waals surface area contributed by atoms with Crippen LogP contribution in [0, 0.1) is 0 Å². The Hall–Kier alpha value is -1.61. The van der Waals surface area contributed by atoms with Gasteiger partial charge in [0, 0.05) is 23.3 Å². The summed E-state index contributed by atoms with van der Waals surface area (Å²) in [6.07, 6.45) is 0. The molecule has 2 N–H and O–H groups in total. The van der Waals surface area contributed by atoms with Crippen molar-refractivity contribution in [3.63, 3.8) is 0 Å². The first-order valence-electron chi connectivity index (χ1n) is 5.94. The van der Waals surface area contributed by atoms with Gasteiger partial charge in [-0.25, -0.2) is 0 Å². The minimum atomic E-state index is 0.709. The van der Waals surface area contributed by atoms with Crippen LogP contribution in [0.3, 0.4) is 0 Å². The summed E-state index contributed by atoms with van der Waals surface area (Å²) in [6, 6.07) is 18.0. The van der Waals surface area contributed by atoms with Crippen molar-refractivity contribution in [3.05, 3.63) is 60.2 Å². The van der Waals surface area contributed by atoms with Gasteiger partial charge in [-0.3, -0.25) is 0 Å². The molecule has 0 aliphatic carbocycles. The van der Waals surface area contributed by atoms with E-state index < -0.39 is 0 Å². The van der Waals surface area contributed by atoms with Gasteiger partial charge < -0.3 is 10.5 Å². The third kappa shape index (κ3) is 4.34. The summed E-state index contributed by atoms with van der Waals surface area (Å²) < 4.78 is 5.62. The molecule has 2 aromatic carbocycles. The zero-order valence-electron chi connectivity index (χ0n) is 10.2. The van der Waals surface area contributed by atoms with Gasteiger partial charge in [-0.1, -0.05) is 36.4 Å². The second-order valence-corrected chi connectivity index (χ2v) is 5.06. The van der Waals surface area contributed by atoms with Crippen molar-refractivity contribution in [2.24, 2.45) is 0 Å². The quantitative estimate of drug-likeness (QED) is 0.636. The number of hydrogen-bond acceptors (Lipinski definition) is 3. The van der Waals surface area contributed by atoms with Gasteiger partial charge in [-0.05, 0) is 17.7 Å². The van der Waals surface area contributed by atoms with E-state index in [2.05, 4.69) is 24.3 Å². The Bertz CT molecular complexity index is 473. The van der Waals surface area contributed by atoms with E-state index in [1.54, 1.807) is 0 Å². The number of nitrogens with two attached hydrogens (primary N) is 1. The van der Waals surface area contributed by atoms with Crippen molar-refractivity contribution < 1.29 is 4.74 Å². The fraction of sp³-hybridized carbons (Fsp3) is 0.200. The number of benzene rings is 2. The van der Waals surface area contributed by atoms with Crippen molar-refractivity contribution in [2.45, 2.75) is 5.75 Å². The molecule has 0 unspecified atom stereocenters. The largest absolute Gasteiger partial charge is 0.493 e. The molecule has 0 aliphatic heterocycles. The first-order valence-corrected chi connectivity index (χ1v) is 7.10. The average molecular weight is 259 g/mol. The highest BCUT2D eigenvalue weighted by Crippen LogP contribution is 2.16. The first-order chi connectivity index (χ1) is 8.84. The molecule has 0 fully saturated rings. The molecule has 0 atom stereocenters. The van der Waals surface area contributed by atoms with Gasteiger partial charge in [0.2, 0.25) is 0 Å². The summed E-state index contributed by atoms with van der Waals surface area (Å²) in [5, 5.41) is 0. The van der Waals surface area contributed by atoms with Crippen LogP contribution in [0.4, 0.5) is 5.69 Å². The predicted molar refractivity (Wildman–Crippen MR) is 79.0 cm³/mol. The van der Waals surface area contributed by atoms with Gasteiger partial charge in [-0.2, -0.15) is 11.8 Å². The van der Waals surface area contributed by atoms with E-state index in [1.807, 2.05) is 42.1 Å². The molecule has 0 saturated carbocycles. The van der Waals surface area contributed by atoms with E-state index in [1.165, 1.54) is 5.56 Å². The van der Waals surface area contributed by atoms with Crippen molar-refractivity contribution >= 4 is 17.4 Å². The van der Waals surface area contributed by atoms with Crippen LogP contribution >= 0.6 is 11.8 Å². The lowest BCUT2D eigenvalue weighted by atomic mass is 10.2. The van der Waals surface area contributed by atoms with Crippen LogP contribution in [0.1, 0.15) is 5.56 Å². The molecule has 0 spiro atoms. The Kier molecular flexibility index (Phi) is 4.97. The standard InChI is InChI=1S/C15H17NOS/c16-14-7-4-8-15(11-14)17-9-10-18-12-13-5-2-1-3-6-13/h1-8,11H,9-10,12,16H2. The van der Waals surface area contributed by atoms with Crippen LogP contribution in [0.2, 0.25) is 0 Å². The lowest BCUT2D eigenvalue weighted by Crippen LogP contribution is -2.00. The van der Waals surface area contributed by atoms with E-state index in [4.69, 9.17) is 10.5 Å². The van der Waals surface area contributed by atoms with Crippen molar-refractivity contribution in [1.82, 2.24) is 0 Å². The number of hydrogen-bond donors (Lipinski definition) is 1. The first kappa shape index (κ1) is 12.8. The second kappa shape index (κ2) is 6.97. The minimum Gasteiger partial charge on any atom is -0.493 e. The zero-order valence-corrected chi connectivity index (χ0v) is 11.0. The fourth-order valence-electron chi connectivity index (χ4n) is 1.59. The van der Waals surface area contributed by atoms with E-state index in [0.717, 1.165) is 22.9 Å². The van der Waals surface area contributed by atoms with E-state index in [-0.39, 0.29) is 0 Å². The zero-order chi connectivity index (χ0) is 12.6. The van der Waals surface area contributed by atoms with Gasteiger partial charge in [0.1, 0.15) is 5.75 Å². The molecular formula is C15H17NOS. The Labute approximate surface area is 112 Å². The maximum absolute atomic E-state index is 5.68. The van der Waals surface area contributed by atoms with Crippen LogP contribution in [-0.2, 0) is 5.75 Å². The highest BCUT2D eigenvalue weighted by atomic mass is 32.2. The molecule has 0 radical (unpaired) electrons. The molecule has 2 rings (SSSR count).